The van der Waals surface area contributed by atoms with Gasteiger partial charge in [0.1, 0.15) is 5.75 Å². The molecule has 0 bridgehead atoms. The summed E-state index contributed by atoms with van der Waals surface area (Å²) in [5, 5.41) is 3.16. The molecule has 1 aliphatic heterocycles. The van der Waals surface area contributed by atoms with Crippen LogP contribution in [-0.4, -0.2) is 50.9 Å². The highest BCUT2D eigenvalue weighted by atomic mass is 16.5. The van der Waals surface area contributed by atoms with Crippen LogP contribution in [0.1, 0.15) is 24.0 Å². The Morgan fingerprint density at radius 2 is 2.09 bits per heavy atom. The van der Waals surface area contributed by atoms with Gasteiger partial charge in [0.05, 0.1) is 19.8 Å². The maximum atomic E-state index is 12.6. The normalized spacial score (nSPS) is 18.8. The molecule has 126 valence electrons. The van der Waals surface area contributed by atoms with E-state index in [9.17, 15) is 4.79 Å². The molecule has 1 heterocycles. The maximum Gasteiger partial charge on any atom is 0.317 e. The smallest absolute Gasteiger partial charge is 0.317 e. The summed E-state index contributed by atoms with van der Waals surface area (Å²) >= 11 is 0. The maximum absolute atomic E-state index is 12.6. The molecule has 5 nitrogen and oxygen atoms in total. The highest BCUT2D eigenvalue weighted by Crippen LogP contribution is 2.33. The number of benzene rings is 1. The summed E-state index contributed by atoms with van der Waals surface area (Å²) in [7, 11) is 3.40. The Morgan fingerprint density at radius 1 is 1.30 bits per heavy atom. The van der Waals surface area contributed by atoms with E-state index in [1.54, 1.807) is 14.2 Å². The SMILES string of the molecule is COC[C@@H](NC(=O)N1CCc2cccc(OC)c2CC1)C1CC1. The van der Waals surface area contributed by atoms with Gasteiger partial charge in [-0.3, -0.25) is 0 Å². The number of hydrogen-bond donors (Lipinski definition) is 1. The molecule has 0 aromatic heterocycles. The fourth-order valence-corrected chi connectivity index (χ4v) is 3.36. The minimum Gasteiger partial charge on any atom is -0.496 e. The third-order valence-corrected chi connectivity index (χ3v) is 4.87. The van der Waals surface area contributed by atoms with Crippen LogP contribution in [0.3, 0.4) is 0 Å². The van der Waals surface area contributed by atoms with Gasteiger partial charge in [-0.2, -0.15) is 0 Å². The Morgan fingerprint density at radius 3 is 2.78 bits per heavy atom. The molecule has 0 unspecified atom stereocenters. The van der Waals surface area contributed by atoms with E-state index in [0.29, 0.717) is 12.5 Å². The van der Waals surface area contributed by atoms with Gasteiger partial charge in [-0.1, -0.05) is 12.1 Å². The van der Waals surface area contributed by atoms with Gasteiger partial charge in [0, 0.05) is 20.2 Å². The van der Waals surface area contributed by atoms with Crippen molar-refractivity contribution in [3.05, 3.63) is 29.3 Å². The summed E-state index contributed by atoms with van der Waals surface area (Å²) < 4.78 is 10.7. The molecule has 2 amide bonds. The van der Waals surface area contributed by atoms with Crippen LogP contribution in [0.4, 0.5) is 4.79 Å². The molecule has 1 aromatic carbocycles. The van der Waals surface area contributed by atoms with Crippen LogP contribution in [0.5, 0.6) is 5.75 Å². The third kappa shape index (κ3) is 3.78. The number of carbonyl (C=O) groups excluding carboxylic acids is 1. The Hall–Kier alpha value is -1.75. The fourth-order valence-electron chi connectivity index (χ4n) is 3.36. The van der Waals surface area contributed by atoms with Gasteiger partial charge in [-0.05, 0) is 48.8 Å². The zero-order valence-corrected chi connectivity index (χ0v) is 14.0. The summed E-state index contributed by atoms with van der Waals surface area (Å²) in [6, 6.07) is 6.33. The van der Waals surface area contributed by atoms with Gasteiger partial charge in [0.15, 0.2) is 0 Å². The van der Waals surface area contributed by atoms with E-state index in [2.05, 4.69) is 11.4 Å². The van der Waals surface area contributed by atoms with Crippen LogP contribution in [0, 0.1) is 5.92 Å². The lowest BCUT2D eigenvalue weighted by Crippen LogP contribution is -2.48. The highest BCUT2D eigenvalue weighted by Gasteiger charge is 2.33. The molecular weight excluding hydrogens is 292 g/mol. The van der Waals surface area contributed by atoms with Gasteiger partial charge in [0.2, 0.25) is 0 Å². The van der Waals surface area contributed by atoms with Crippen molar-refractivity contribution < 1.29 is 14.3 Å². The molecule has 1 atom stereocenters. The summed E-state index contributed by atoms with van der Waals surface area (Å²) in [4.78, 5) is 14.5. The van der Waals surface area contributed by atoms with Gasteiger partial charge in [0.25, 0.3) is 0 Å². The fraction of sp³-hybridized carbons (Fsp3) is 0.611. The number of urea groups is 1. The average molecular weight is 318 g/mol. The minimum absolute atomic E-state index is 0.0331. The largest absolute Gasteiger partial charge is 0.496 e. The first-order valence-corrected chi connectivity index (χ1v) is 8.42. The summed E-state index contributed by atoms with van der Waals surface area (Å²) in [6.45, 7) is 2.07. The first-order valence-electron chi connectivity index (χ1n) is 8.42. The Bertz CT molecular complexity index is 557. The Kier molecular flexibility index (Phi) is 5.06. The van der Waals surface area contributed by atoms with Crippen LogP contribution < -0.4 is 10.1 Å². The zero-order chi connectivity index (χ0) is 16.2. The number of carbonyl (C=O) groups is 1. The number of amides is 2. The van der Waals surface area contributed by atoms with E-state index >= 15 is 0 Å². The molecule has 3 rings (SSSR count). The van der Waals surface area contributed by atoms with Crippen molar-refractivity contribution >= 4 is 6.03 Å². The molecule has 0 radical (unpaired) electrons. The van der Waals surface area contributed by atoms with E-state index in [4.69, 9.17) is 9.47 Å². The summed E-state index contributed by atoms with van der Waals surface area (Å²) in [5.74, 6) is 1.52. The summed E-state index contributed by atoms with van der Waals surface area (Å²) in [5.41, 5.74) is 2.52. The predicted octanol–water partition coefficient (Wildman–Crippen LogP) is 2.23. The average Bonchev–Trinajstić information content (AvgIpc) is 3.40. The van der Waals surface area contributed by atoms with E-state index in [1.165, 1.54) is 24.0 Å². The van der Waals surface area contributed by atoms with Crippen molar-refractivity contribution in [1.29, 1.82) is 0 Å². The molecule has 2 aliphatic rings. The van der Waals surface area contributed by atoms with Crippen LogP contribution in [-0.2, 0) is 17.6 Å². The van der Waals surface area contributed by atoms with Gasteiger partial charge < -0.3 is 19.7 Å². The molecule has 23 heavy (non-hydrogen) atoms. The lowest BCUT2D eigenvalue weighted by atomic mass is 10.0. The van der Waals surface area contributed by atoms with Gasteiger partial charge in [-0.15, -0.1) is 0 Å². The highest BCUT2D eigenvalue weighted by molar-refractivity contribution is 5.75. The number of fused-ring (bicyclic) bond motifs is 1. The topological polar surface area (TPSA) is 50.8 Å². The molecule has 5 heteroatoms. The monoisotopic (exact) mass is 318 g/mol. The van der Waals surface area contributed by atoms with E-state index in [1.807, 2.05) is 17.0 Å². The molecule has 0 saturated heterocycles. The Labute approximate surface area is 137 Å². The van der Waals surface area contributed by atoms with Gasteiger partial charge >= 0.3 is 6.03 Å². The van der Waals surface area contributed by atoms with E-state index in [-0.39, 0.29) is 12.1 Å². The van der Waals surface area contributed by atoms with Crippen LogP contribution >= 0.6 is 0 Å². The quantitative estimate of drug-likeness (QED) is 0.906. The van der Waals surface area contributed by atoms with Crippen molar-refractivity contribution in [3.63, 3.8) is 0 Å². The second kappa shape index (κ2) is 7.21. The van der Waals surface area contributed by atoms with Crippen LogP contribution in [0.25, 0.3) is 0 Å². The molecular formula is C18H26N2O3. The van der Waals surface area contributed by atoms with Crippen LogP contribution in [0.2, 0.25) is 0 Å². The molecule has 0 spiro atoms. The molecule has 1 aliphatic carbocycles. The number of methoxy groups -OCH3 is 2. The number of ether oxygens (including phenoxy) is 2. The summed E-state index contributed by atoms with van der Waals surface area (Å²) in [6.07, 6.45) is 4.09. The number of rotatable bonds is 5. The van der Waals surface area contributed by atoms with Crippen molar-refractivity contribution in [2.75, 3.05) is 33.9 Å². The second-order valence-electron chi connectivity index (χ2n) is 6.43. The number of nitrogens with zero attached hydrogens (tertiary/aromatic N) is 1. The molecule has 1 saturated carbocycles. The van der Waals surface area contributed by atoms with Crippen molar-refractivity contribution in [1.82, 2.24) is 10.2 Å². The number of hydrogen-bond acceptors (Lipinski definition) is 3. The number of nitrogens with one attached hydrogen (secondary N) is 1. The third-order valence-electron chi connectivity index (χ3n) is 4.87. The van der Waals surface area contributed by atoms with Gasteiger partial charge in [-0.25, -0.2) is 4.79 Å². The lowest BCUT2D eigenvalue weighted by molar-refractivity contribution is 0.148. The molecule has 1 fully saturated rings. The lowest BCUT2D eigenvalue weighted by Gasteiger charge is -2.25. The second-order valence-corrected chi connectivity index (χ2v) is 6.43. The first kappa shape index (κ1) is 16.1. The first-order chi connectivity index (χ1) is 11.2. The van der Waals surface area contributed by atoms with Crippen molar-refractivity contribution in [3.8, 4) is 5.75 Å². The standard InChI is InChI=1S/C18H26N2O3/c1-22-12-16(14-6-7-14)19-18(21)20-10-8-13-4-3-5-17(23-2)15(13)9-11-20/h3-5,14,16H,6-12H2,1-2H3,(H,19,21)/t16-/m1/s1. The predicted molar refractivity (Wildman–Crippen MR) is 88.9 cm³/mol. The molecule has 1 N–H and O–H groups in total. The van der Waals surface area contributed by atoms with Crippen molar-refractivity contribution in [2.45, 2.75) is 31.7 Å². The minimum atomic E-state index is 0.0331. The van der Waals surface area contributed by atoms with Crippen LogP contribution in [0.15, 0.2) is 18.2 Å². The van der Waals surface area contributed by atoms with E-state index in [0.717, 1.165) is 31.7 Å². The van der Waals surface area contributed by atoms with E-state index < -0.39 is 0 Å². The zero-order valence-electron chi connectivity index (χ0n) is 14.0. The Balaban J connectivity index is 1.63. The molecule has 1 aromatic rings. The van der Waals surface area contributed by atoms with Crippen molar-refractivity contribution in [2.24, 2.45) is 5.92 Å².